The van der Waals surface area contributed by atoms with Crippen molar-refractivity contribution in [3.8, 4) is 5.75 Å². The first kappa shape index (κ1) is 16.7. The minimum Gasteiger partial charge on any atom is -0.491 e. The Morgan fingerprint density at radius 3 is 3.00 bits per heavy atom. The highest BCUT2D eigenvalue weighted by molar-refractivity contribution is 5.76. The van der Waals surface area contributed by atoms with E-state index < -0.39 is 11.6 Å². The standard InChI is InChI=1S/C16H22F2N2O2/c1-11-14(4-2-8-19-11)20-16(21)5-3-9-22-15-7-6-12(17)10-13(15)18/h6-7,10-11,14,19H,2-5,8-9H2,1H3,(H,20,21). The van der Waals surface area contributed by atoms with E-state index in [4.69, 9.17) is 4.74 Å². The lowest BCUT2D eigenvalue weighted by molar-refractivity contribution is -0.122. The van der Waals surface area contributed by atoms with E-state index in [0.717, 1.165) is 31.5 Å². The zero-order valence-corrected chi connectivity index (χ0v) is 12.7. The first-order valence-electron chi connectivity index (χ1n) is 7.67. The Hall–Kier alpha value is -1.69. The van der Waals surface area contributed by atoms with Gasteiger partial charge in [0.25, 0.3) is 0 Å². The van der Waals surface area contributed by atoms with Crippen molar-refractivity contribution in [3.05, 3.63) is 29.8 Å². The first-order valence-corrected chi connectivity index (χ1v) is 7.67. The molecule has 2 unspecified atom stereocenters. The van der Waals surface area contributed by atoms with Crippen LogP contribution in [0.1, 0.15) is 32.6 Å². The highest BCUT2D eigenvalue weighted by Gasteiger charge is 2.21. The van der Waals surface area contributed by atoms with Gasteiger partial charge in [0.1, 0.15) is 5.82 Å². The Morgan fingerprint density at radius 2 is 2.27 bits per heavy atom. The summed E-state index contributed by atoms with van der Waals surface area (Å²) in [5, 5.41) is 6.33. The summed E-state index contributed by atoms with van der Waals surface area (Å²) in [4.78, 5) is 11.9. The topological polar surface area (TPSA) is 50.4 Å². The summed E-state index contributed by atoms with van der Waals surface area (Å²) in [5.41, 5.74) is 0. The predicted octanol–water partition coefficient (Wildman–Crippen LogP) is 2.38. The largest absolute Gasteiger partial charge is 0.491 e. The SMILES string of the molecule is CC1NCCCC1NC(=O)CCCOc1ccc(F)cc1F. The van der Waals surface area contributed by atoms with Crippen molar-refractivity contribution in [1.29, 1.82) is 0 Å². The molecule has 1 aromatic rings. The maximum Gasteiger partial charge on any atom is 0.220 e. The molecule has 1 aromatic carbocycles. The zero-order chi connectivity index (χ0) is 15.9. The normalized spacial score (nSPS) is 21.4. The predicted molar refractivity (Wildman–Crippen MR) is 79.7 cm³/mol. The number of carbonyl (C=O) groups is 1. The van der Waals surface area contributed by atoms with Crippen LogP contribution in [0.25, 0.3) is 0 Å². The molecule has 0 spiro atoms. The van der Waals surface area contributed by atoms with Crippen molar-refractivity contribution in [2.45, 2.75) is 44.7 Å². The van der Waals surface area contributed by atoms with E-state index in [1.54, 1.807) is 0 Å². The van der Waals surface area contributed by atoms with Gasteiger partial charge in [-0.25, -0.2) is 8.78 Å². The highest BCUT2D eigenvalue weighted by atomic mass is 19.1. The zero-order valence-electron chi connectivity index (χ0n) is 12.7. The van der Waals surface area contributed by atoms with E-state index in [1.807, 2.05) is 0 Å². The highest BCUT2D eigenvalue weighted by Crippen LogP contribution is 2.17. The van der Waals surface area contributed by atoms with Gasteiger partial charge in [0.05, 0.1) is 6.61 Å². The van der Waals surface area contributed by atoms with Crippen molar-refractivity contribution in [1.82, 2.24) is 10.6 Å². The third kappa shape index (κ3) is 4.94. The smallest absolute Gasteiger partial charge is 0.220 e. The Labute approximate surface area is 129 Å². The van der Waals surface area contributed by atoms with Crippen LogP contribution in [0.4, 0.5) is 8.78 Å². The molecule has 122 valence electrons. The number of halogens is 2. The van der Waals surface area contributed by atoms with E-state index in [1.165, 1.54) is 6.07 Å². The molecular formula is C16H22F2N2O2. The van der Waals surface area contributed by atoms with Crippen molar-refractivity contribution >= 4 is 5.91 Å². The molecule has 6 heteroatoms. The van der Waals surface area contributed by atoms with Gasteiger partial charge in [0, 0.05) is 24.6 Å². The van der Waals surface area contributed by atoms with E-state index >= 15 is 0 Å². The molecule has 1 aliphatic heterocycles. The molecule has 2 rings (SSSR count). The molecule has 2 N–H and O–H groups in total. The van der Waals surface area contributed by atoms with Gasteiger partial charge >= 0.3 is 0 Å². The lowest BCUT2D eigenvalue weighted by Gasteiger charge is -2.30. The van der Waals surface area contributed by atoms with Gasteiger partial charge in [-0.05, 0) is 44.9 Å². The number of amides is 1. The lowest BCUT2D eigenvalue weighted by atomic mass is 10.00. The minimum absolute atomic E-state index is 0.00640. The van der Waals surface area contributed by atoms with Crippen LogP contribution in [0.5, 0.6) is 5.75 Å². The van der Waals surface area contributed by atoms with Crippen molar-refractivity contribution in [2.75, 3.05) is 13.2 Å². The van der Waals surface area contributed by atoms with Gasteiger partial charge in [-0.15, -0.1) is 0 Å². The van der Waals surface area contributed by atoms with Crippen molar-refractivity contribution in [3.63, 3.8) is 0 Å². The minimum atomic E-state index is -0.730. The van der Waals surface area contributed by atoms with Gasteiger partial charge in [0.15, 0.2) is 11.6 Å². The van der Waals surface area contributed by atoms with Crippen LogP contribution >= 0.6 is 0 Å². The molecule has 0 saturated carbocycles. The Bertz CT molecular complexity index is 511. The molecular weight excluding hydrogens is 290 g/mol. The van der Waals surface area contributed by atoms with Crippen LogP contribution in [-0.4, -0.2) is 31.1 Å². The average molecular weight is 312 g/mol. The Balaban J connectivity index is 1.66. The van der Waals surface area contributed by atoms with Crippen LogP contribution in [0.3, 0.4) is 0 Å². The molecule has 22 heavy (non-hydrogen) atoms. The maximum absolute atomic E-state index is 13.3. The maximum atomic E-state index is 13.3. The molecule has 1 aliphatic rings. The number of hydrogen-bond donors (Lipinski definition) is 2. The van der Waals surface area contributed by atoms with Gasteiger partial charge < -0.3 is 15.4 Å². The van der Waals surface area contributed by atoms with Crippen LogP contribution < -0.4 is 15.4 Å². The molecule has 2 atom stereocenters. The Morgan fingerprint density at radius 1 is 1.45 bits per heavy atom. The van der Waals surface area contributed by atoms with E-state index in [-0.39, 0.29) is 30.3 Å². The fourth-order valence-electron chi connectivity index (χ4n) is 2.53. The summed E-state index contributed by atoms with van der Waals surface area (Å²) < 4.78 is 31.3. The monoisotopic (exact) mass is 312 g/mol. The number of nitrogens with one attached hydrogen (secondary N) is 2. The number of hydrogen-bond acceptors (Lipinski definition) is 3. The Kier molecular flexibility index (Phi) is 6.12. The quantitative estimate of drug-likeness (QED) is 0.793. The summed E-state index contributed by atoms with van der Waals surface area (Å²) in [6.07, 6.45) is 2.85. The third-order valence-corrected chi connectivity index (χ3v) is 3.81. The number of ether oxygens (including phenoxy) is 1. The number of piperidine rings is 1. The van der Waals surface area contributed by atoms with E-state index in [0.29, 0.717) is 12.8 Å². The summed E-state index contributed by atoms with van der Waals surface area (Å²) in [5.74, 6) is -1.39. The molecule has 0 radical (unpaired) electrons. The second-order valence-electron chi connectivity index (χ2n) is 5.59. The number of benzene rings is 1. The van der Waals surface area contributed by atoms with Crippen LogP contribution in [0.2, 0.25) is 0 Å². The molecule has 1 heterocycles. The van der Waals surface area contributed by atoms with Gasteiger partial charge in [0.2, 0.25) is 5.91 Å². The molecule has 4 nitrogen and oxygen atoms in total. The summed E-state index contributed by atoms with van der Waals surface area (Å²) in [6, 6.07) is 3.61. The molecule has 1 saturated heterocycles. The van der Waals surface area contributed by atoms with E-state index in [2.05, 4.69) is 17.6 Å². The number of rotatable bonds is 6. The van der Waals surface area contributed by atoms with Gasteiger partial charge in [-0.2, -0.15) is 0 Å². The molecule has 1 amide bonds. The van der Waals surface area contributed by atoms with Gasteiger partial charge in [-0.1, -0.05) is 0 Å². The first-order chi connectivity index (χ1) is 10.6. The van der Waals surface area contributed by atoms with Crippen molar-refractivity contribution < 1.29 is 18.3 Å². The lowest BCUT2D eigenvalue weighted by Crippen LogP contribution is -2.51. The van der Waals surface area contributed by atoms with Crippen LogP contribution in [-0.2, 0) is 4.79 Å². The fourth-order valence-corrected chi connectivity index (χ4v) is 2.53. The third-order valence-electron chi connectivity index (χ3n) is 3.81. The second kappa shape index (κ2) is 8.08. The number of carbonyl (C=O) groups excluding carboxylic acids is 1. The molecule has 0 aliphatic carbocycles. The summed E-state index contributed by atoms with van der Waals surface area (Å²) in [6.45, 7) is 3.27. The van der Waals surface area contributed by atoms with Gasteiger partial charge in [-0.3, -0.25) is 4.79 Å². The molecule has 0 bridgehead atoms. The summed E-state index contributed by atoms with van der Waals surface area (Å²) in [7, 11) is 0. The summed E-state index contributed by atoms with van der Waals surface area (Å²) >= 11 is 0. The molecule has 0 aromatic heterocycles. The fraction of sp³-hybridized carbons (Fsp3) is 0.562. The van der Waals surface area contributed by atoms with Crippen molar-refractivity contribution in [2.24, 2.45) is 0 Å². The second-order valence-corrected chi connectivity index (χ2v) is 5.59. The average Bonchev–Trinajstić information content (AvgIpc) is 2.48. The molecule has 1 fully saturated rings. The van der Waals surface area contributed by atoms with Crippen LogP contribution in [0.15, 0.2) is 18.2 Å². The van der Waals surface area contributed by atoms with Crippen LogP contribution in [0, 0.1) is 11.6 Å². The van der Waals surface area contributed by atoms with E-state index in [9.17, 15) is 13.6 Å².